The van der Waals surface area contributed by atoms with Crippen molar-refractivity contribution in [2.24, 2.45) is 4.74 Å². The molecule has 1 aromatic rings. The molecule has 5 heteroatoms. The van der Waals surface area contributed by atoms with E-state index in [0.29, 0.717) is 13.2 Å². The maximum absolute atomic E-state index is 6.31. The third kappa shape index (κ3) is 6.12. The van der Waals surface area contributed by atoms with Crippen LogP contribution in [0.3, 0.4) is 0 Å². The molecule has 0 saturated carbocycles. The van der Waals surface area contributed by atoms with Crippen LogP contribution in [0.15, 0.2) is 37.7 Å². The first-order chi connectivity index (χ1) is 16.0. The SMILES string of the molecule is CCOC1=C(CC)P1(=Nc1c(C(C)(C)C)cc(C(C)(C)C)cc1C(C)(C)C)/C(CC)=C(/Br)OCC. The van der Waals surface area contributed by atoms with Gasteiger partial charge in [-0.25, -0.2) is 0 Å². The topological polar surface area (TPSA) is 30.8 Å². The molecule has 3 nitrogen and oxygen atoms in total. The number of benzene rings is 1. The highest BCUT2D eigenvalue weighted by Crippen LogP contribution is 2.87. The Morgan fingerprint density at radius 3 is 1.69 bits per heavy atom. The van der Waals surface area contributed by atoms with Gasteiger partial charge in [-0.2, -0.15) is 0 Å². The second-order valence-electron chi connectivity index (χ2n) is 12.5. The van der Waals surface area contributed by atoms with Gasteiger partial charge in [-0.15, -0.1) is 0 Å². The van der Waals surface area contributed by atoms with Crippen LogP contribution < -0.4 is 0 Å². The zero-order valence-corrected chi connectivity index (χ0v) is 27.1. The first kappa shape index (κ1) is 30.2. The molecular formula is C30H49BrNO2P. The van der Waals surface area contributed by atoms with Crippen molar-refractivity contribution in [3.05, 3.63) is 49.6 Å². The third-order valence-corrected chi connectivity index (χ3v) is 11.4. The summed E-state index contributed by atoms with van der Waals surface area (Å²) < 4.78 is 19.0. The molecule has 0 spiro atoms. The van der Waals surface area contributed by atoms with Gasteiger partial charge in [0.05, 0.1) is 26.0 Å². The Labute approximate surface area is 224 Å². The molecule has 1 aliphatic rings. The fourth-order valence-electron chi connectivity index (χ4n) is 4.58. The Hall–Kier alpha value is -0.990. The van der Waals surface area contributed by atoms with Crippen molar-refractivity contribution in [2.45, 2.75) is 119 Å². The fourth-order valence-corrected chi connectivity index (χ4v) is 9.85. The van der Waals surface area contributed by atoms with Crippen LogP contribution >= 0.6 is 23.0 Å². The van der Waals surface area contributed by atoms with Gasteiger partial charge in [-0.3, -0.25) is 4.74 Å². The van der Waals surface area contributed by atoms with E-state index in [1.165, 1.54) is 27.3 Å². The second kappa shape index (κ2) is 10.8. The first-order valence-electron chi connectivity index (χ1n) is 13.2. The molecule has 35 heavy (non-hydrogen) atoms. The summed E-state index contributed by atoms with van der Waals surface area (Å²) in [5.74, 6) is 0. The first-order valence-corrected chi connectivity index (χ1v) is 15.7. The maximum atomic E-state index is 6.31. The average molecular weight is 567 g/mol. The van der Waals surface area contributed by atoms with E-state index in [-0.39, 0.29) is 16.2 Å². The summed E-state index contributed by atoms with van der Waals surface area (Å²) in [6, 6.07) is 4.82. The Morgan fingerprint density at radius 1 is 0.829 bits per heavy atom. The Morgan fingerprint density at radius 2 is 1.34 bits per heavy atom. The lowest BCUT2D eigenvalue weighted by molar-refractivity contribution is 0.256. The molecule has 1 aromatic carbocycles. The van der Waals surface area contributed by atoms with Crippen LogP contribution in [0.2, 0.25) is 0 Å². The standard InChI is InChI=1S/C30H49BrNO2P/c1-14-23(26(31)33-16-3)35(24(15-2)27(35)34-17-4)32-25-21(29(8,9)10)18-20(28(5,6)7)19-22(25)30(11,12)13/h18-19H,14-17H2,1-13H3/b26-23-. The van der Waals surface area contributed by atoms with E-state index in [4.69, 9.17) is 14.2 Å². The summed E-state index contributed by atoms with van der Waals surface area (Å²) in [6.07, 6.45) is 1.81. The highest BCUT2D eigenvalue weighted by atomic mass is 79.9. The molecule has 1 unspecified atom stereocenters. The highest BCUT2D eigenvalue weighted by molar-refractivity contribution is 9.11. The number of allylic oxidation sites excluding steroid dienone is 2. The molecule has 1 heterocycles. The van der Waals surface area contributed by atoms with E-state index in [2.05, 4.69) is 111 Å². The van der Waals surface area contributed by atoms with E-state index in [9.17, 15) is 0 Å². The largest absolute Gasteiger partial charge is 0.491 e. The smallest absolute Gasteiger partial charge is 0.167 e. The van der Waals surface area contributed by atoms with Crippen molar-refractivity contribution in [1.82, 2.24) is 0 Å². The Balaban J connectivity index is 3.11. The van der Waals surface area contributed by atoms with Gasteiger partial charge in [0.15, 0.2) is 4.67 Å². The van der Waals surface area contributed by atoms with Crippen molar-refractivity contribution < 1.29 is 9.47 Å². The predicted octanol–water partition coefficient (Wildman–Crippen LogP) is 11.1. The molecule has 0 bridgehead atoms. The molecule has 2 rings (SSSR count). The Kier molecular flexibility index (Phi) is 9.31. The van der Waals surface area contributed by atoms with Gasteiger partial charge >= 0.3 is 0 Å². The van der Waals surface area contributed by atoms with Crippen molar-refractivity contribution in [1.29, 1.82) is 0 Å². The molecule has 0 N–H and O–H groups in total. The van der Waals surface area contributed by atoms with E-state index in [1.807, 2.05) is 6.92 Å². The summed E-state index contributed by atoms with van der Waals surface area (Å²) in [4.78, 5) is 0. The van der Waals surface area contributed by atoms with E-state index in [0.717, 1.165) is 28.7 Å². The van der Waals surface area contributed by atoms with Gasteiger partial charge < -0.3 is 9.47 Å². The van der Waals surface area contributed by atoms with Crippen molar-refractivity contribution in [3.8, 4) is 0 Å². The van der Waals surface area contributed by atoms with Crippen LogP contribution in [-0.2, 0) is 25.7 Å². The molecule has 0 saturated heterocycles. The summed E-state index contributed by atoms with van der Waals surface area (Å²) in [5, 5.41) is 2.62. The van der Waals surface area contributed by atoms with E-state index < -0.39 is 7.05 Å². The van der Waals surface area contributed by atoms with Crippen LogP contribution in [0.25, 0.3) is 0 Å². The quantitative estimate of drug-likeness (QED) is 0.231. The van der Waals surface area contributed by atoms with Crippen molar-refractivity contribution in [3.63, 3.8) is 0 Å². The summed E-state index contributed by atoms with van der Waals surface area (Å²) >= 11 is 3.79. The zero-order chi connectivity index (χ0) is 27.0. The molecule has 0 amide bonds. The molecule has 0 radical (unpaired) electrons. The van der Waals surface area contributed by atoms with Crippen molar-refractivity contribution in [2.75, 3.05) is 13.2 Å². The number of hydrogen-bond donors (Lipinski definition) is 0. The fraction of sp³-hybridized carbons (Fsp3) is 0.667. The lowest BCUT2D eigenvalue weighted by Gasteiger charge is -2.33. The zero-order valence-electron chi connectivity index (χ0n) is 24.6. The minimum Gasteiger partial charge on any atom is -0.491 e. The van der Waals surface area contributed by atoms with Crippen LogP contribution in [0, 0.1) is 0 Å². The average Bonchev–Trinajstić information content (AvgIpc) is 3.31. The van der Waals surface area contributed by atoms with Gasteiger partial charge in [-0.05, 0) is 75.6 Å². The van der Waals surface area contributed by atoms with Crippen molar-refractivity contribution >= 4 is 28.7 Å². The monoisotopic (exact) mass is 565 g/mol. The van der Waals surface area contributed by atoms with Crippen LogP contribution in [0.4, 0.5) is 5.69 Å². The van der Waals surface area contributed by atoms with E-state index >= 15 is 0 Å². The second-order valence-corrected chi connectivity index (χ2v) is 16.1. The van der Waals surface area contributed by atoms with Crippen LogP contribution in [0.1, 0.15) is 120 Å². The molecule has 0 fully saturated rings. The molecular weight excluding hydrogens is 517 g/mol. The number of hydrogen-bond acceptors (Lipinski definition) is 3. The minimum absolute atomic E-state index is 0.0501. The molecule has 0 aliphatic carbocycles. The minimum atomic E-state index is -2.15. The summed E-state index contributed by atoms with van der Waals surface area (Å²) in [7, 11) is -2.15. The maximum Gasteiger partial charge on any atom is 0.167 e. The molecule has 198 valence electrons. The van der Waals surface area contributed by atoms with Crippen LogP contribution in [0.5, 0.6) is 0 Å². The van der Waals surface area contributed by atoms with Gasteiger partial charge in [0.2, 0.25) is 0 Å². The number of rotatable bonds is 8. The number of ether oxygens (including phenoxy) is 2. The molecule has 1 aliphatic heterocycles. The van der Waals surface area contributed by atoms with Gasteiger partial charge in [0.25, 0.3) is 0 Å². The lowest BCUT2D eigenvalue weighted by Crippen LogP contribution is -2.21. The summed E-state index contributed by atoms with van der Waals surface area (Å²) in [5.41, 5.74) is 6.21. The van der Waals surface area contributed by atoms with E-state index in [1.54, 1.807) is 0 Å². The lowest BCUT2D eigenvalue weighted by atomic mass is 9.74. The van der Waals surface area contributed by atoms with Crippen LogP contribution in [-0.4, -0.2) is 13.2 Å². The molecule has 1 atom stereocenters. The third-order valence-electron chi connectivity index (χ3n) is 6.56. The van der Waals surface area contributed by atoms with Gasteiger partial charge in [0.1, 0.15) is 5.50 Å². The Bertz CT molecular complexity index is 1020. The predicted molar refractivity (Wildman–Crippen MR) is 158 cm³/mol. The number of nitrogens with zero attached hydrogens (tertiary/aromatic N) is 1. The normalized spacial score (nSPS) is 19.5. The summed E-state index contributed by atoms with van der Waals surface area (Å²) in [6.45, 7) is 30.6. The van der Waals surface area contributed by atoms with Gasteiger partial charge in [-0.1, -0.05) is 88.3 Å². The molecule has 0 aromatic heterocycles. The van der Waals surface area contributed by atoms with Gasteiger partial charge in [0, 0.05) is 10.6 Å². The highest BCUT2D eigenvalue weighted by Gasteiger charge is 2.51. The number of halogens is 1.